The average Bonchev–Trinajstić information content (AvgIpc) is 3.51. The number of nitrogens with one attached hydrogen (secondary N) is 1. The molecule has 3 fully saturated rings. The Kier molecular flexibility index (Phi) is 9.87. The molecule has 1 saturated carbocycles. The van der Waals surface area contributed by atoms with Gasteiger partial charge in [-0.15, -0.1) is 0 Å². The molecule has 2 aromatic carbocycles. The molecular weight excluding hydrogens is 534 g/mol. The predicted molar refractivity (Wildman–Crippen MR) is 160 cm³/mol. The van der Waals surface area contributed by atoms with Gasteiger partial charge in [0.05, 0.1) is 11.0 Å². The highest BCUT2D eigenvalue weighted by molar-refractivity contribution is 5.97. The van der Waals surface area contributed by atoms with Crippen molar-refractivity contribution in [3.05, 3.63) is 75.3 Å². The van der Waals surface area contributed by atoms with Gasteiger partial charge in [0.1, 0.15) is 6.04 Å². The number of nitrogens with zero attached hydrogens (tertiary/aromatic N) is 3. The van der Waals surface area contributed by atoms with Crippen molar-refractivity contribution in [3.8, 4) is 0 Å². The van der Waals surface area contributed by atoms with Crippen molar-refractivity contribution >= 4 is 17.5 Å². The van der Waals surface area contributed by atoms with E-state index in [1.165, 1.54) is 12.1 Å². The second kappa shape index (κ2) is 13.8. The summed E-state index contributed by atoms with van der Waals surface area (Å²) in [6.07, 6.45) is 6.80. The second-order valence-corrected chi connectivity index (χ2v) is 12.2. The van der Waals surface area contributed by atoms with Crippen molar-refractivity contribution in [1.82, 2.24) is 15.1 Å². The summed E-state index contributed by atoms with van der Waals surface area (Å²) in [5.74, 6) is -0.228. The lowest BCUT2D eigenvalue weighted by Crippen LogP contribution is -2.59. The van der Waals surface area contributed by atoms with Crippen molar-refractivity contribution in [2.24, 2.45) is 5.73 Å². The van der Waals surface area contributed by atoms with Crippen molar-refractivity contribution in [2.45, 2.75) is 95.1 Å². The number of hydrogen-bond donors (Lipinski definition) is 2. The topological polar surface area (TPSA) is 131 Å². The molecule has 0 bridgehead atoms. The van der Waals surface area contributed by atoms with Crippen LogP contribution in [0.25, 0.3) is 0 Å². The van der Waals surface area contributed by atoms with Crippen molar-refractivity contribution in [3.63, 3.8) is 0 Å². The number of piperidine rings is 1. The number of non-ortho nitro benzene ring substituents is 1. The zero-order valence-electron chi connectivity index (χ0n) is 24.5. The molecule has 3 atom stereocenters. The lowest BCUT2D eigenvalue weighted by atomic mass is 9.90. The third-order valence-electron chi connectivity index (χ3n) is 9.07. The van der Waals surface area contributed by atoms with Gasteiger partial charge >= 0.3 is 0 Å². The Balaban J connectivity index is 1.37. The minimum absolute atomic E-state index is 0.0435. The van der Waals surface area contributed by atoms with Crippen LogP contribution in [0.4, 0.5) is 5.69 Å². The van der Waals surface area contributed by atoms with E-state index in [2.05, 4.69) is 10.2 Å². The zero-order chi connectivity index (χ0) is 29.6. The Labute approximate surface area is 247 Å². The van der Waals surface area contributed by atoms with Gasteiger partial charge in [-0.2, -0.15) is 0 Å². The number of carbonyl (C=O) groups excluding carboxylic acids is 2. The fourth-order valence-electron chi connectivity index (χ4n) is 6.54. The summed E-state index contributed by atoms with van der Waals surface area (Å²) in [6, 6.07) is 13.9. The van der Waals surface area contributed by atoms with Crippen LogP contribution in [0.2, 0.25) is 0 Å². The molecule has 2 aromatic rings. The van der Waals surface area contributed by atoms with E-state index in [0.717, 1.165) is 62.7 Å². The number of hydrogen-bond acceptors (Lipinski definition) is 7. The Hall–Kier alpha value is -3.34. The number of ether oxygens (including phenoxy) is 1. The molecule has 0 radical (unpaired) electrons. The summed E-state index contributed by atoms with van der Waals surface area (Å²) in [6.45, 7) is 4.49. The Bertz CT molecular complexity index is 1220. The van der Waals surface area contributed by atoms with Crippen LogP contribution >= 0.6 is 0 Å². The maximum Gasteiger partial charge on any atom is 0.269 e. The highest BCUT2D eigenvalue weighted by atomic mass is 16.6. The molecule has 5 rings (SSSR count). The van der Waals surface area contributed by atoms with Gasteiger partial charge in [-0.05, 0) is 76.0 Å². The molecule has 2 saturated heterocycles. The van der Waals surface area contributed by atoms with E-state index in [9.17, 15) is 19.7 Å². The number of amides is 2. The van der Waals surface area contributed by atoms with Crippen LogP contribution in [-0.2, 0) is 16.1 Å². The second-order valence-electron chi connectivity index (χ2n) is 12.2. The molecule has 3 N–H and O–H groups in total. The molecule has 3 aliphatic rings. The molecule has 2 aliphatic heterocycles. The van der Waals surface area contributed by atoms with Gasteiger partial charge in [-0.25, -0.2) is 0 Å². The Morgan fingerprint density at radius 2 is 1.76 bits per heavy atom. The van der Waals surface area contributed by atoms with Gasteiger partial charge in [-0.1, -0.05) is 29.8 Å². The number of nitrogens with two attached hydrogens (primary N) is 1. The van der Waals surface area contributed by atoms with E-state index >= 15 is 0 Å². The van der Waals surface area contributed by atoms with Gasteiger partial charge in [0, 0.05) is 62.1 Å². The molecular formula is C32H43N5O5. The number of nitro groups is 1. The molecule has 42 heavy (non-hydrogen) atoms. The van der Waals surface area contributed by atoms with Gasteiger partial charge in [0.15, 0.2) is 0 Å². The van der Waals surface area contributed by atoms with Crippen LogP contribution in [0, 0.1) is 17.0 Å². The molecule has 10 heteroatoms. The monoisotopic (exact) mass is 577 g/mol. The molecule has 1 aliphatic carbocycles. The molecule has 0 aromatic heterocycles. The van der Waals surface area contributed by atoms with Gasteiger partial charge in [0.2, 0.25) is 5.91 Å². The maximum absolute atomic E-state index is 13.9. The summed E-state index contributed by atoms with van der Waals surface area (Å²) in [4.78, 5) is 42.5. The number of likely N-dealkylation sites (tertiary alicyclic amines) is 1. The Morgan fingerprint density at radius 3 is 2.40 bits per heavy atom. The van der Waals surface area contributed by atoms with Gasteiger partial charge < -0.3 is 20.7 Å². The van der Waals surface area contributed by atoms with E-state index in [-0.39, 0.29) is 41.7 Å². The molecule has 2 unspecified atom stereocenters. The first-order chi connectivity index (χ1) is 20.3. The number of carbonyl (C=O) groups is 2. The van der Waals surface area contributed by atoms with Gasteiger partial charge in [0.25, 0.3) is 11.6 Å². The third kappa shape index (κ3) is 7.53. The van der Waals surface area contributed by atoms with Crippen LogP contribution < -0.4 is 11.1 Å². The maximum atomic E-state index is 13.9. The molecule has 2 heterocycles. The third-order valence-corrected chi connectivity index (χ3v) is 9.07. The molecule has 226 valence electrons. The SMILES string of the molecule is Cc1ccc(C(=O)N2CCC(N(Cc3ccc([N+](=O)[O-])cc3)CC3CCCO3)C[C@@H]2C(=O)NC2CCC(N)CC2)cc1. The first kappa shape index (κ1) is 30.1. The molecule has 0 spiro atoms. The smallest absolute Gasteiger partial charge is 0.269 e. The van der Waals surface area contributed by atoms with Crippen LogP contribution in [0.5, 0.6) is 0 Å². The molecule has 2 amide bonds. The van der Waals surface area contributed by atoms with Crippen molar-refractivity contribution in [2.75, 3.05) is 19.7 Å². The summed E-state index contributed by atoms with van der Waals surface area (Å²) in [5, 5.41) is 14.4. The summed E-state index contributed by atoms with van der Waals surface area (Å²) in [7, 11) is 0. The van der Waals surface area contributed by atoms with E-state index in [1.54, 1.807) is 17.0 Å². The molecule has 10 nitrogen and oxygen atoms in total. The summed E-state index contributed by atoms with van der Waals surface area (Å²) in [5.41, 5.74) is 8.79. The lowest BCUT2D eigenvalue weighted by Gasteiger charge is -2.44. The lowest BCUT2D eigenvalue weighted by molar-refractivity contribution is -0.384. The number of aryl methyl sites for hydroxylation is 1. The normalized spacial score (nSPS) is 26.3. The fourth-order valence-corrected chi connectivity index (χ4v) is 6.54. The van der Waals surface area contributed by atoms with Crippen LogP contribution in [0.1, 0.15) is 72.9 Å². The zero-order valence-corrected chi connectivity index (χ0v) is 24.5. The fraction of sp³-hybridized carbons (Fsp3) is 0.562. The van der Waals surface area contributed by atoms with E-state index < -0.39 is 11.0 Å². The number of nitro benzene ring substituents is 1. The van der Waals surface area contributed by atoms with Crippen LogP contribution in [0.3, 0.4) is 0 Å². The van der Waals surface area contributed by atoms with E-state index in [4.69, 9.17) is 10.5 Å². The highest BCUT2D eigenvalue weighted by Crippen LogP contribution is 2.28. The quantitative estimate of drug-likeness (QED) is 0.341. The van der Waals surface area contributed by atoms with Crippen LogP contribution in [0.15, 0.2) is 48.5 Å². The summed E-state index contributed by atoms with van der Waals surface area (Å²) >= 11 is 0. The minimum Gasteiger partial charge on any atom is -0.377 e. The predicted octanol–water partition coefficient (Wildman–Crippen LogP) is 3.94. The van der Waals surface area contributed by atoms with Gasteiger partial charge in [-0.3, -0.25) is 24.6 Å². The summed E-state index contributed by atoms with van der Waals surface area (Å²) < 4.78 is 5.99. The standard InChI is InChI=1S/C32H43N5O5/c1-22-4-8-24(9-5-22)32(39)36-17-16-28(19-30(36)31(38)34-26-12-10-25(33)11-13-26)35(21-29-3-2-18-42-29)20-23-6-14-27(15-7-23)37(40)41/h4-9,14-15,25-26,28-30H,2-3,10-13,16-21,33H2,1H3,(H,34,38)/t25?,26?,28?,29?,30-/m1/s1. The van der Waals surface area contributed by atoms with Crippen molar-refractivity contribution < 1.29 is 19.2 Å². The van der Waals surface area contributed by atoms with Crippen molar-refractivity contribution in [1.29, 1.82) is 0 Å². The van der Waals surface area contributed by atoms with E-state index in [0.29, 0.717) is 31.6 Å². The Morgan fingerprint density at radius 1 is 1.05 bits per heavy atom. The number of rotatable bonds is 9. The first-order valence-electron chi connectivity index (χ1n) is 15.3. The minimum atomic E-state index is -0.600. The average molecular weight is 578 g/mol. The van der Waals surface area contributed by atoms with E-state index in [1.807, 2.05) is 31.2 Å². The van der Waals surface area contributed by atoms with Crippen LogP contribution in [-0.4, -0.2) is 76.5 Å². The largest absolute Gasteiger partial charge is 0.377 e. The first-order valence-corrected chi connectivity index (χ1v) is 15.3. The number of benzene rings is 2. The highest BCUT2D eigenvalue weighted by Gasteiger charge is 2.40.